The molecule has 1 aliphatic rings. The maximum atomic E-state index is 12.8. The summed E-state index contributed by atoms with van der Waals surface area (Å²) in [6.07, 6.45) is 0. The quantitative estimate of drug-likeness (QED) is 0.644. The summed E-state index contributed by atoms with van der Waals surface area (Å²) >= 11 is 0. The lowest BCUT2D eigenvalue weighted by molar-refractivity contribution is -0.129. The summed E-state index contributed by atoms with van der Waals surface area (Å²) in [5.74, 6) is -0.906. The topological polar surface area (TPSA) is 54.2 Å². The summed E-state index contributed by atoms with van der Waals surface area (Å²) in [6.45, 7) is 2.74. The van der Waals surface area contributed by atoms with Crippen molar-refractivity contribution in [1.29, 1.82) is 0 Å². The fourth-order valence-corrected chi connectivity index (χ4v) is 3.29. The van der Waals surface area contributed by atoms with Crippen LogP contribution in [0, 0.1) is 0 Å². The summed E-state index contributed by atoms with van der Waals surface area (Å²) in [6, 6.07) is 17.4. The van der Waals surface area contributed by atoms with Crippen LogP contribution in [0.5, 0.6) is 0 Å². The van der Waals surface area contributed by atoms with E-state index in [2.05, 4.69) is 0 Å². The molecular weight excluding hydrogens is 290 g/mol. The molecule has 0 bridgehead atoms. The first kappa shape index (κ1) is 15.2. The van der Waals surface area contributed by atoms with E-state index in [-0.39, 0.29) is 17.5 Å². The van der Waals surface area contributed by atoms with Gasteiger partial charge in [0.05, 0.1) is 6.04 Å². The summed E-state index contributed by atoms with van der Waals surface area (Å²) in [7, 11) is 0. The van der Waals surface area contributed by atoms with E-state index in [9.17, 15) is 14.4 Å². The van der Waals surface area contributed by atoms with Gasteiger partial charge in [0, 0.05) is 5.56 Å². The number of benzene rings is 2. The molecule has 4 heteroatoms. The van der Waals surface area contributed by atoms with Gasteiger partial charge in [-0.15, -0.1) is 0 Å². The Morgan fingerprint density at radius 3 is 1.78 bits per heavy atom. The van der Waals surface area contributed by atoms with Crippen LogP contribution in [0.25, 0.3) is 0 Å². The van der Waals surface area contributed by atoms with Crippen LogP contribution in [0.1, 0.15) is 35.8 Å². The standard InChI is InChI=1S/C19H17NO3/c1-13(21)19(14(2)22)17(15-9-5-3-6-10-15)20(19)18(23)16-11-7-4-8-12-16/h3-12,17H,1-2H3/t17-,20?/m1/s1. The molecular formula is C19H17NO3. The Morgan fingerprint density at radius 1 is 0.826 bits per heavy atom. The van der Waals surface area contributed by atoms with Crippen LogP contribution in [0.15, 0.2) is 60.7 Å². The Morgan fingerprint density at radius 2 is 1.30 bits per heavy atom. The second-order valence-electron chi connectivity index (χ2n) is 5.73. The van der Waals surface area contributed by atoms with Gasteiger partial charge >= 0.3 is 0 Å². The minimum atomic E-state index is -1.38. The lowest BCUT2D eigenvalue weighted by Crippen LogP contribution is -2.37. The molecule has 2 aromatic carbocycles. The van der Waals surface area contributed by atoms with Crippen molar-refractivity contribution in [3.8, 4) is 0 Å². The summed E-state index contributed by atoms with van der Waals surface area (Å²) in [4.78, 5) is 38.8. The third kappa shape index (κ3) is 2.18. The molecule has 0 aromatic heterocycles. The zero-order valence-corrected chi connectivity index (χ0v) is 13.0. The van der Waals surface area contributed by atoms with Crippen LogP contribution < -0.4 is 0 Å². The van der Waals surface area contributed by atoms with E-state index < -0.39 is 11.6 Å². The molecule has 0 saturated carbocycles. The van der Waals surface area contributed by atoms with Crippen molar-refractivity contribution in [2.45, 2.75) is 25.4 Å². The number of nitrogens with zero attached hydrogens (tertiary/aromatic N) is 1. The SMILES string of the molecule is CC(=O)C1(C(C)=O)[C@@H](c2ccccc2)N1C(=O)c1ccccc1. The van der Waals surface area contributed by atoms with E-state index in [4.69, 9.17) is 0 Å². The molecule has 0 N–H and O–H groups in total. The lowest BCUT2D eigenvalue weighted by Gasteiger charge is -2.10. The van der Waals surface area contributed by atoms with Gasteiger partial charge in [-0.1, -0.05) is 48.5 Å². The van der Waals surface area contributed by atoms with Gasteiger partial charge in [-0.05, 0) is 31.5 Å². The zero-order valence-electron chi connectivity index (χ0n) is 13.0. The molecule has 0 aliphatic carbocycles. The van der Waals surface area contributed by atoms with Gasteiger partial charge in [0.1, 0.15) is 0 Å². The predicted molar refractivity (Wildman–Crippen MR) is 85.9 cm³/mol. The Balaban J connectivity index is 2.08. The molecule has 1 aliphatic heterocycles. The van der Waals surface area contributed by atoms with Crippen LogP contribution in [-0.4, -0.2) is 27.9 Å². The number of hydrogen-bond acceptors (Lipinski definition) is 3. The first-order chi connectivity index (χ1) is 11.0. The Labute approximate surface area is 134 Å². The molecule has 1 fully saturated rings. The third-order valence-electron chi connectivity index (χ3n) is 4.39. The van der Waals surface area contributed by atoms with Crippen LogP contribution in [0.4, 0.5) is 0 Å². The molecule has 1 atom stereocenters. The summed E-state index contributed by atoms with van der Waals surface area (Å²) < 4.78 is 0. The molecule has 0 unspecified atom stereocenters. The average Bonchev–Trinajstić information content (AvgIpc) is 3.27. The molecule has 116 valence electrons. The van der Waals surface area contributed by atoms with Crippen LogP contribution in [-0.2, 0) is 9.59 Å². The number of amides is 1. The number of Topliss-reactive ketones (excluding diaryl/α,β-unsaturated/α-hetero) is 2. The second-order valence-corrected chi connectivity index (χ2v) is 5.73. The Bertz CT molecular complexity index is 754. The zero-order chi connectivity index (χ0) is 16.6. The highest BCUT2D eigenvalue weighted by Crippen LogP contribution is 2.55. The maximum Gasteiger partial charge on any atom is 0.255 e. The first-order valence-corrected chi connectivity index (χ1v) is 7.47. The van der Waals surface area contributed by atoms with Crippen molar-refractivity contribution in [3.05, 3.63) is 71.8 Å². The Hall–Kier alpha value is -2.75. The van der Waals surface area contributed by atoms with Crippen molar-refractivity contribution < 1.29 is 14.4 Å². The van der Waals surface area contributed by atoms with Crippen molar-refractivity contribution in [3.63, 3.8) is 0 Å². The van der Waals surface area contributed by atoms with Crippen molar-refractivity contribution in [2.75, 3.05) is 0 Å². The fourth-order valence-electron chi connectivity index (χ4n) is 3.29. The van der Waals surface area contributed by atoms with Crippen molar-refractivity contribution >= 4 is 17.5 Å². The first-order valence-electron chi connectivity index (χ1n) is 7.47. The normalized spacial score (nSPS) is 18.3. The molecule has 1 saturated heterocycles. The van der Waals surface area contributed by atoms with E-state index in [1.807, 2.05) is 36.4 Å². The van der Waals surface area contributed by atoms with Gasteiger partial charge < -0.3 is 4.90 Å². The predicted octanol–water partition coefficient (Wildman–Crippen LogP) is 2.80. The molecule has 0 radical (unpaired) electrons. The molecule has 1 heterocycles. The molecule has 3 rings (SSSR count). The molecule has 2 aromatic rings. The minimum absolute atomic E-state index is 0.301. The number of rotatable bonds is 4. The summed E-state index contributed by atoms with van der Waals surface area (Å²) in [5.41, 5.74) is -0.117. The largest absolute Gasteiger partial charge is 0.307 e. The Kier molecular flexibility index (Phi) is 3.60. The highest BCUT2D eigenvalue weighted by atomic mass is 16.2. The monoisotopic (exact) mass is 307 g/mol. The molecule has 4 nitrogen and oxygen atoms in total. The molecule has 1 amide bonds. The van der Waals surface area contributed by atoms with E-state index in [0.717, 1.165) is 5.56 Å². The van der Waals surface area contributed by atoms with Gasteiger partial charge in [0.25, 0.3) is 5.91 Å². The van der Waals surface area contributed by atoms with Gasteiger partial charge in [-0.25, -0.2) is 0 Å². The number of hydrogen-bond donors (Lipinski definition) is 0. The fraction of sp³-hybridized carbons (Fsp3) is 0.211. The van der Waals surface area contributed by atoms with Gasteiger partial charge in [-0.3, -0.25) is 14.4 Å². The minimum Gasteiger partial charge on any atom is -0.307 e. The highest BCUT2D eigenvalue weighted by molar-refractivity contribution is 6.19. The molecule has 23 heavy (non-hydrogen) atoms. The summed E-state index contributed by atoms with van der Waals surface area (Å²) in [5, 5.41) is 0. The van der Waals surface area contributed by atoms with E-state index in [1.165, 1.54) is 18.7 Å². The van der Waals surface area contributed by atoms with Crippen LogP contribution in [0.3, 0.4) is 0 Å². The van der Waals surface area contributed by atoms with E-state index in [1.54, 1.807) is 24.3 Å². The van der Waals surface area contributed by atoms with Crippen LogP contribution >= 0.6 is 0 Å². The van der Waals surface area contributed by atoms with Gasteiger partial charge in [-0.2, -0.15) is 0 Å². The number of carbonyl (C=O) groups excluding carboxylic acids is 3. The smallest absolute Gasteiger partial charge is 0.255 e. The third-order valence-corrected chi connectivity index (χ3v) is 4.39. The molecule has 0 spiro atoms. The van der Waals surface area contributed by atoms with Gasteiger partial charge in [0.15, 0.2) is 17.1 Å². The lowest BCUT2D eigenvalue weighted by atomic mass is 9.92. The van der Waals surface area contributed by atoms with E-state index in [0.29, 0.717) is 5.56 Å². The van der Waals surface area contributed by atoms with E-state index >= 15 is 0 Å². The van der Waals surface area contributed by atoms with Crippen molar-refractivity contribution in [2.24, 2.45) is 0 Å². The van der Waals surface area contributed by atoms with Crippen LogP contribution in [0.2, 0.25) is 0 Å². The highest BCUT2D eigenvalue weighted by Gasteiger charge is 2.72. The van der Waals surface area contributed by atoms with Crippen molar-refractivity contribution in [1.82, 2.24) is 4.90 Å². The second kappa shape index (κ2) is 5.47. The number of carbonyl (C=O) groups is 3. The average molecular weight is 307 g/mol. The number of ketones is 2. The maximum absolute atomic E-state index is 12.8. The van der Waals surface area contributed by atoms with Gasteiger partial charge in [0.2, 0.25) is 0 Å².